The molecule has 0 aliphatic rings. The van der Waals surface area contributed by atoms with E-state index in [9.17, 15) is 0 Å². The molecule has 0 amide bonds. The van der Waals surface area contributed by atoms with Crippen LogP contribution in [0.5, 0.6) is 0 Å². The molecule has 21 heavy (non-hydrogen) atoms. The highest BCUT2D eigenvalue weighted by molar-refractivity contribution is 5.85. The summed E-state index contributed by atoms with van der Waals surface area (Å²) in [6.07, 6.45) is 6.83. The molecule has 0 saturated carbocycles. The molecule has 0 aliphatic heterocycles. The minimum atomic E-state index is -0.236. The van der Waals surface area contributed by atoms with Crippen LogP contribution in [0.3, 0.4) is 0 Å². The van der Waals surface area contributed by atoms with Crippen LogP contribution in [0.1, 0.15) is 52.2 Å². The Hall–Kier alpha value is -1.49. The number of aryl methyl sites for hydroxylation is 1. The van der Waals surface area contributed by atoms with Gasteiger partial charge in [0.15, 0.2) is 0 Å². The molecule has 0 radical (unpaired) electrons. The first kappa shape index (κ1) is 17.6. The van der Waals surface area contributed by atoms with Gasteiger partial charge in [-0.3, -0.25) is 0 Å². The number of amidine groups is 1. The van der Waals surface area contributed by atoms with Gasteiger partial charge in [-0.15, -0.1) is 0 Å². The summed E-state index contributed by atoms with van der Waals surface area (Å²) < 4.78 is 5.33. The maximum absolute atomic E-state index is 8.73. The maximum Gasteiger partial charge on any atom is 0.144 e. The summed E-state index contributed by atoms with van der Waals surface area (Å²) in [5, 5.41) is 15.4. The molecule has 1 aromatic heterocycles. The zero-order valence-corrected chi connectivity index (χ0v) is 13.4. The fourth-order valence-corrected chi connectivity index (χ4v) is 2.22. The van der Waals surface area contributed by atoms with Gasteiger partial charge in [0.25, 0.3) is 0 Å². The topological polar surface area (TPSA) is 83.8 Å². The molecule has 1 atom stereocenters. The average molecular weight is 295 g/mol. The lowest BCUT2D eigenvalue weighted by Crippen LogP contribution is -2.32. The van der Waals surface area contributed by atoms with Crippen molar-refractivity contribution in [2.75, 3.05) is 6.54 Å². The Balaban J connectivity index is 2.08. The second-order valence-corrected chi connectivity index (χ2v) is 6.30. The van der Waals surface area contributed by atoms with E-state index < -0.39 is 0 Å². The second kappa shape index (κ2) is 8.72. The van der Waals surface area contributed by atoms with E-state index in [1.807, 2.05) is 26.0 Å². The lowest BCUT2D eigenvalue weighted by Gasteiger charge is -2.22. The second-order valence-electron chi connectivity index (χ2n) is 6.30. The van der Waals surface area contributed by atoms with Gasteiger partial charge >= 0.3 is 0 Å². The molecule has 1 heterocycles. The van der Waals surface area contributed by atoms with Gasteiger partial charge in [-0.05, 0) is 44.9 Å². The fourth-order valence-electron chi connectivity index (χ4n) is 2.22. The van der Waals surface area contributed by atoms with E-state index >= 15 is 0 Å². The molecule has 1 unspecified atom stereocenters. The zero-order chi connectivity index (χ0) is 15.7. The molecule has 0 aliphatic carbocycles. The van der Waals surface area contributed by atoms with Gasteiger partial charge in [0.05, 0.1) is 6.26 Å². The Labute approximate surface area is 127 Å². The van der Waals surface area contributed by atoms with Crippen LogP contribution in [-0.2, 0) is 6.42 Å². The SMILES string of the molecule is CC(CCc1ccco1)NCCCCC(C)(C)/C(N)=N/O. The Morgan fingerprint density at radius 3 is 2.86 bits per heavy atom. The van der Waals surface area contributed by atoms with Crippen LogP contribution in [0.15, 0.2) is 28.0 Å². The van der Waals surface area contributed by atoms with Crippen LogP contribution >= 0.6 is 0 Å². The summed E-state index contributed by atoms with van der Waals surface area (Å²) in [6.45, 7) is 7.19. The number of unbranched alkanes of at least 4 members (excludes halogenated alkanes) is 1. The van der Waals surface area contributed by atoms with Crippen LogP contribution in [0, 0.1) is 5.41 Å². The minimum absolute atomic E-state index is 0.236. The molecular formula is C16H29N3O2. The van der Waals surface area contributed by atoms with E-state index in [0.717, 1.165) is 44.4 Å². The Bertz CT molecular complexity index is 413. The molecule has 0 aromatic carbocycles. The Morgan fingerprint density at radius 1 is 1.48 bits per heavy atom. The molecule has 0 saturated heterocycles. The number of oxime groups is 1. The first-order chi connectivity index (χ1) is 9.95. The first-order valence-corrected chi connectivity index (χ1v) is 7.69. The zero-order valence-electron chi connectivity index (χ0n) is 13.4. The molecule has 0 bridgehead atoms. The van der Waals surface area contributed by atoms with Gasteiger partial charge < -0.3 is 20.7 Å². The van der Waals surface area contributed by atoms with E-state index in [1.54, 1.807) is 6.26 Å². The van der Waals surface area contributed by atoms with Crippen molar-refractivity contribution in [1.82, 2.24) is 5.32 Å². The molecule has 1 aromatic rings. The van der Waals surface area contributed by atoms with Crippen LogP contribution in [0.2, 0.25) is 0 Å². The number of nitrogens with two attached hydrogens (primary N) is 1. The molecule has 0 spiro atoms. The van der Waals surface area contributed by atoms with Gasteiger partial charge in [0.1, 0.15) is 11.6 Å². The van der Waals surface area contributed by atoms with Crippen molar-refractivity contribution in [2.45, 2.75) is 58.9 Å². The number of nitrogens with one attached hydrogen (secondary N) is 1. The lowest BCUT2D eigenvalue weighted by molar-refractivity contribution is 0.304. The summed E-state index contributed by atoms with van der Waals surface area (Å²) in [5.74, 6) is 1.35. The summed E-state index contributed by atoms with van der Waals surface area (Å²) in [4.78, 5) is 0. The number of hydrogen-bond acceptors (Lipinski definition) is 4. The monoisotopic (exact) mass is 295 g/mol. The normalized spacial score (nSPS) is 14.3. The van der Waals surface area contributed by atoms with E-state index in [-0.39, 0.29) is 5.41 Å². The van der Waals surface area contributed by atoms with Gasteiger partial charge in [0.2, 0.25) is 0 Å². The third-order valence-electron chi connectivity index (χ3n) is 3.93. The summed E-state index contributed by atoms with van der Waals surface area (Å²) in [7, 11) is 0. The predicted octanol–water partition coefficient (Wildman–Crippen LogP) is 3.13. The Morgan fingerprint density at radius 2 is 2.24 bits per heavy atom. The van der Waals surface area contributed by atoms with Crippen LogP contribution in [-0.4, -0.2) is 23.6 Å². The number of furan rings is 1. The summed E-state index contributed by atoms with van der Waals surface area (Å²) in [5.41, 5.74) is 5.44. The lowest BCUT2D eigenvalue weighted by atomic mass is 9.86. The number of hydrogen-bond donors (Lipinski definition) is 3. The quantitative estimate of drug-likeness (QED) is 0.203. The van der Waals surface area contributed by atoms with Crippen molar-refractivity contribution >= 4 is 5.84 Å². The molecule has 4 N–H and O–H groups in total. The van der Waals surface area contributed by atoms with Crippen molar-refractivity contribution in [3.8, 4) is 0 Å². The largest absolute Gasteiger partial charge is 0.469 e. The average Bonchev–Trinajstić information content (AvgIpc) is 2.97. The van der Waals surface area contributed by atoms with Crippen molar-refractivity contribution in [2.24, 2.45) is 16.3 Å². The highest BCUT2D eigenvalue weighted by Crippen LogP contribution is 2.23. The van der Waals surface area contributed by atoms with Crippen LogP contribution in [0.25, 0.3) is 0 Å². The van der Waals surface area contributed by atoms with Gasteiger partial charge in [-0.25, -0.2) is 0 Å². The van der Waals surface area contributed by atoms with Gasteiger partial charge in [0, 0.05) is 17.9 Å². The third kappa shape index (κ3) is 6.67. The summed E-state index contributed by atoms with van der Waals surface area (Å²) >= 11 is 0. The minimum Gasteiger partial charge on any atom is -0.469 e. The van der Waals surface area contributed by atoms with Crippen molar-refractivity contribution in [3.05, 3.63) is 24.2 Å². The number of rotatable bonds is 10. The fraction of sp³-hybridized carbons (Fsp3) is 0.688. The standard InChI is InChI=1S/C16H29N3O2/c1-13(8-9-14-7-6-12-21-14)18-11-5-4-10-16(2,3)15(17)19-20/h6-7,12-13,18,20H,4-5,8-11H2,1-3H3,(H2,17,19). The smallest absolute Gasteiger partial charge is 0.144 e. The van der Waals surface area contributed by atoms with E-state index in [2.05, 4.69) is 17.4 Å². The van der Waals surface area contributed by atoms with Crippen LogP contribution in [0.4, 0.5) is 0 Å². The maximum atomic E-state index is 8.73. The first-order valence-electron chi connectivity index (χ1n) is 7.69. The van der Waals surface area contributed by atoms with Crippen molar-refractivity contribution in [1.29, 1.82) is 0 Å². The molecule has 5 heteroatoms. The highest BCUT2D eigenvalue weighted by Gasteiger charge is 2.22. The van der Waals surface area contributed by atoms with E-state index in [4.69, 9.17) is 15.4 Å². The van der Waals surface area contributed by atoms with Crippen molar-refractivity contribution in [3.63, 3.8) is 0 Å². The summed E-state index contributed by atoms with van der Waals surface area (Å²) in [6, 6.07) is 4.42. The van der Waals surface area contributed by atoms with E-state index in [1.165, 1.54) is 0 Å². The van der Waals surface area contributed by atoms with E-state index in [0.29, 0.717) is 11.9 Å². The molecule has 5 nitrogen and oxygen atoms in total. The molecule has 1 rings (SSSR count). The predicted molar refractivity (Wildman–Crippen MR) is 85.5 cm³/mol. The molecule has 0 fully saturated rings. The van der Waals surface area contributed by atoms with Gasteiger partial charge in [-0.1, -0.05) is 25.4 Å². The van der Waals surface area contributed by atoms with Crippen LogP contribution < -0.4 is 11.1 Å². The van der Waals surface area contributed by atoms with Crippen molar-refractivity contribution < 1.29 is 9.62 Å². The number of nitrogens with zero attached hydrogens (tertiary/aromatic N) is 1. The molecule has 120 valence electrons. The Kier molecular flexibility index (Phi) is 7.29. The third-order valence-corrected chi connectivity index (χ3v) is 3.93. The highest BCUT2D eigenvalue weighted by atomic mass is 16.4. The van der Waals surface area contributed by atoms with Gasteiger partial charge in [-0.2, -0.15) is 0 Å². The molecular weight excluding hydrogens is 266 g/mol.